The van der Waals surface area contributed by atoms with Gasteiger partial charge in [0, 0.05) is 7.11 Å². The fourth-order valence-corrected chi connectivity index (χ4v) is 7.59. The average Bonchev–Trinajstić information content (AvgIpc) is 2.62. The topological polar surface area (TPSA) is 44.8 Å². The molecule has 0 aromatic rings. The SMILES string of the molecule is C=C1[C@@H](OCOC)C[C@H]2[C@@](C)(CC[C@H]3C(C)(C)CCC[C@]23C)[C@@H]1CC(=O)OC. The lowest BCUT2D eigenvalue weighted by Gasteiger charge is -2.66. The van der Waals surface area contributed by atoms with Crippen molar-refractivity contribution in [2.45, 2.75) is 78.7 Å². The predicted octanol–water partition coefficient (Wildman–Crippen LogP) is 5.36. The van der Waals surface area contributed by atoms with Gasteiger partial charge in [-0.25, -0.2) is 0 Å². The highest BCUT2D eigenvalue weighted by molar-refractivity contribution is 5.70. The summed E-state index contributed by atoms with van der Waals surface area (Å²) in [7, 11) is 3.14. The van der Waals surface area contributed by atoms with Crippen LogP contribution < -0.4 is 0 Å². The van der Waals surface area contributed by atoms with Gasteiger partial charge >= 0.3 is 5.97 Å². The molecule has 4 nitrogen and oxygen atoms in total. The lowest BCUT2D eigenvalue weighted by Crippen LogP contribution is -2.60. The molecule has 0 radical (unpaired) electrons. The molecule has 0 bridgehead atoms. The highest BCUT2D eigenvalue weighted by Crippen LogP contribution is 2.69. The minimum Gasteiger partial charge on any atom is -0.469 e. The van der Waals surface area contributed by atoms with Crippen molar-refractivity contribution in [2.75, 3.05) is 21.0 Å². The van der Waals surface area contributed by atoms with Gasteiger partial charge in [-0.1, -0.05) is 40.7 Å². The third kappa shape index (κ3) is 3.45. The van der Waals surface area contributed by atoms with E-state index >= 15 is 0 Å². The van der Waals surface area contributed by atoms with Gasteiger partial charge in [-0.15, -0.1) is 0 Å². The molecule has 0 spiro atoms. The van der Waals surface area contributed by atoms with Crippen LogP contribution in [0.3, 0.4) is 0 Å². The number of methoxy groups -OCH3 is 2. The second-order valence-corrected chi connectivity index (χ2v) is 10.7. The molecular weight excluding hydrogens is 352 g/mol. The number of hydrogen-bond acceptors (Lipinski definition) is 4. The molecular formula is C24H40O4. The van der Waals surface area contributed by atoms with Crippen LogP contribution in [0.1, 0.15) is 72.6 Å². The summed E-state index contributed by atoms with van der Waals surface area (Å²) in [6.45, 7) is 14.5. The van der Waals surface area contributed by atoms with Crippen LogP contribution in [0.5, 0.6) is 0 Å². The van der Waals surface area contributed by atoms with Crippen LogP contribution in [0.2, 0.25) is 0 Å². The van der Waals surface area contributed by atoms with E-state index in [4.69, 9.17) is 14.2 Å². The number of carbonyl (C=O) groups is 1. The van der Waals surface area contributed by atoms with Gasteiger partial charge < -0.3 is 14.2 Å². The molecule has 0 saturated heterocycles. The molecule has 3 aliphatic carbocycles. The molecule has 28 heavy (non-hydrogen) atoms. The standard InChI is InChI=1S/C24H40O4/c1-16-17(13-21(25)27-7)23(4)12-9-19-22(2,3)10-8-11-24(19,5)20(23)14-18(16)28-15-26-6/h17-20H,1,8-15H2,2-7H3/t17-,18+,19+,20+,23+,24+/m1/s1. The molecule has 3 fully saturated rings. The molecule has 3 aliphatic rings. The Hall–Kier alpha value is -0.870. The molecule has 3 saturated carbocycles. The lowest BCUT2D eigenvalue weighted by atomic mass is 9.39. The van der Waals surface area contributed by atoms with E-state index < -0.39 is 0 Å². The molecule has 3 rings (SSSR count). The van der Waals surface area contributed by atoms with Gasteiger partial charge in [0.25, 0.3) is 0 Å². The number of rotatable bonds is 5. The number of hydrogen-bond donors (Lipinski definition) is 0. The van der Waals surface area contributed by atoms with Crippen molar-refractivity contribution in [1.82, 2.24) is 0 Å². The molecule has 0 aliphatic heterocycles. The number of esters is 1. The summed E-state index contributed by atoms with van der Waals surface area (Å²) >= 11 is 0. The highest BCUT2D eigenvalue weighted by Gasteiger charge is 2.62. The summed E-state index contributed by atoms with van der Waals surface area (Å²) in [6.07, 6.45) is 7.61. The van der Waals surface area contributed by atoms with Crippen molar-refractivity contribution in [3.05, 3.63) is 12.2 Å². The van der Waals surface area contributed by atoms with Gasteiger partial charge in [-0.3, -0.25) is 4.79 Å². The summed E-state index contributed by atoms with van der Waals surface area (Å²) in [5, 5.41) is 0. The maximum absolute atomic E-state index is 12.3. The first-order valence-electron chi connectivity index (χ1n) is 11.0. The van der Waals surface area contributed by atoms with Crippen LogP contribution >= 0.6 is 0 Å². The van der Waals surface area contributed by atoms with E-state index in [-0.39, 0.29) is 35.6 Å². The molecule has 0 amide bonds. The van der Waals surface area contributed by atoms with E-state index in [2.05, 4.69) is 34.3 Å². The van der Waals surface area contributed by atoms with E-state index in [1.54, 1.807) is 7.11 Å². The summed E-state index contributed by atoms with van der Waals surface area (Å²) in [5.74, 6) is 1.19. The van der Waals surface area contributed by atoms with Crippen molar-refractivity contribution in [3.8, 4) is 0 Å². The van der Waals surface area contributed by atoms with Crippen LogP contribution in [0, 0.1) is 34.0 Å². The van der Waals surface area contributed by atoms with Crippen molar-refractivity contribution in [3.63, 3.8) is 0 Å². The smallest absolute Gasteiger partial charge is 0.306 e. The Bertz CT molecular complexity index is 612. The van der Waals surface area contributed by atoms with Gasteiger partial charge in [0.15, 0.2) is 0 Å². The Morgan fingerprint density at radius 3 is 2.43 bits per heavy atom. The molecule has 160 valence electrons. The fourth-order valence-electron chi connectivity index (χ4n) is 7.59. The molecule has 0 aromatic heterocycles. The second kappa shape index (κ2) is 7.75. The first kappa shape index (κ1) is 21.8. The van der Waals surface area contributed by atoms with E-state index in [9.17, 15) is 4.79 Å². The van der Waals surface area contributed by atoms with Crippen molar-refractivity contribution >= 4 is 5.97 Å². The van der Waals surface area contributed by atoms with Crippen LogP contribution in [-0.2, 0) is 19.0 Å². The maximum Gasteiger partial charge on any atom is 0.306 e. The van der Waals surface area contributed by atoms with Gasteiger partial charge in [-0.05, 0) is 71.7 Å². The van der Waals surface area contributed by atoms with Crippen molar-refractivity contribution < 1.29 is 19.0 Å². The predicted molar refractivity (Wildman–Crippen MR) is 111 cm³/mol. The van der Waals surface area contributed by atoms with Gasteiger partial charge in [0.2, 0.25) is 0 Å². The Kier molecular flexibility index (Phi) is 6.05. The third-order valence-corrected chi connectivity index (χ3v) is 8.93. The summed E-state index contributed by atoms with van der Waals surface area (Å²) in [5.41, 5.74) is 1.78. The Balaban J connectivity index is 2.00. The van der Waals surface area contributed by atoms with E-state index in [1.807, 2.05) is 0 Å². The van der Waals surface area contributed by atoms with Gasteiger partial charge in [-0.2, -0.15) is 0 Å². The summed E-state index contributed by atoms with van der Waals surface area (Å²) in [4.78, 5) is 12.3. The van der Waals surface area contributed by atoms with E-state index in [1.165, 1.54) is 32.8 Å². The van der Waals surface area contributed by atoms with Crippen LogP contribution in [0.15, 0.2) is 12.2 Å². The zero-order valence-corrected chi connectivity index (χ0v) is 18.8. The Labute approximate surface area is 171 Å². The maximum atomic E-state index is 12.3. The third-order valence-electron chi connectivity index (χ3n) is 8.93. The van der Waals surface area contributed by atoms with Crippen LogP contribution in [0.25, 0.3) is 0 Å². The molecule has 4 heteroatoms. The molecule has 0 aromatic carbocycles. The molecule has 0 N–H and O–H groups in total. The molecule has 6 atom stereocenters. The van der Waals surface area contributed by atoms with Gasteiger partial charge in [0.1, 0.15) is 6.79 Å². The summed E-state index contributed by atoms with van der Waals surface area (Å²) in [6, 6.07) is 0. The minimum absolute atomic E-state index is 0.0479. The zero-order valence-electron chi connectivity index (χ0n) is 18.8. The fraction of sp³-hybridized carbons (Fsp3) is 0.875. The van der Waals surface area contributed by atoms with Crippen LogP contribution in [-0.4, -0.2) is 33.1 Å². The largest absolute Gasteiger partial charge is 0.469 e. The first-order chi connectivity index (χ1) is 13.1. The lowest BCUT2D eigenvalue weighted by molar-refractivity contribution is -0.183. The van der Waals surface area contributed by atoms with E-state index in [0.29, 0.717) is 17.8 Å². The summed E-state index contributed by atoms with van der Waals surface area (Å²) < 4.78 is 16.3. The first-order valence-corrected chi connectivity index (χ1v) is 11.0. The highest BCUT2D eigenvalue weighted by atomic mass is 16.7. The number of ether oxygens (including phenoxy) is 3. The monoisotopic (exact) mass is 392 g/mol. The quantitative estimate of drug-likeness (QED) is 0.359. The molecule has 0 unspecified atom stereocenters. The van der Waals surface area contributed by atoms with E-state index in [0.717, 1.165) is 24.3 Å². The van der Waals surface area contributed by atoms with Crippen molar-refractivity contribution in [1.29, 1.82) is 0 Å². The van der Waals surface area contributed by atoms with Crippen LogP contribution in [0.4, 0.5) is 0 Å². The molecule has 0 heterocycles. The minimum atomic E-state index is -0.144. The Morgan fingerprint density at radius 1 is 1.07 bits per heavy atom. The number of carbonyl (C=O) groups excluding carboxylic acids is 1. The number of fused-ring (bicyclic) bond motifs is 3. The zero-order chi connectivity index (χ0) is 20.7. The van der Waals surface area contributed by atoms with Crippen molar-refractivity contribution in [2.24, 2.45) is 34.0 Å². The second-order valence-electron chi connectivity index (χ2n) is 10.7. The van der Waals surface area contributed by atoms with Gasteiger partial charge in [0.05, 0.1) is 19.6 Å². The Morgan fingerprint density at radius 2 is 1.79 bits per heavy atom. The normalized spacial score (nSPS) is 42.4. The average molecular weight is 393 g/mol.